The maximum absolute atomic E-state index is 12.9. The molecule has 28 heavy (non-hydrogen) atoms. The van der Waals surface area contributed by atoms with Gasteiger partial charge in [0.2, 0.25) is 5.75 Å². The summed E-state index contributed by atoms with van der Waals surface area (Å²) in [5.41, 5.74) is 1.56. The van der Waals surface area contributed by atoms with E-state index in [0.717, 1.165) is 24.2 Å². The zero-order valence-electron chi connectivity index (χ0n) is 16.9. The molecule has 0 radical (unpaired) electrons. The maximum Gasteiger partial charge on any atom is 0.203 e. The summed E-state index contributed by atoms with van der Waals surface area (Å²) in [5, 5.41) is 10.7. The number of aryl methyl sites for hydroxylation is 1. The van der Waals surface area contributed by atoms with Crippen molar-refractivity contribution in [3.63, 3.8) is 0 Å². The molecule has 1 heterocycles. The Labute approximate surface area is 165 Å². The van der Waals surface area contributed by atoms with Gasteiger partial charge in [0.25, 0.3) is 0 Å². The zero-order valence-corrected chi connectivity index (χ0v) is 16.9. The molecular weight excluding hydrogens is 360 g/mol. The second-order valence-corrected chi connectivity index (χ2v) is 7.41. The Kier molecular flexibility index (Phi) is 5.52. The van der Waals surface area contributed by atoms with Crippen LogP contribution >= 0.6 is 0 Å². The van der Waals surface area contributed by atoms with Gasteiger partial charge in [0.05, 0.1) is 21.3 Å². The summed E-state index contributed by atoms with van der Waals surface area (Å²) in [6.07, 6.45) is 0.337. The van der Waals surface area contributed by atoms with Gasteiger partial charge < -0.3 is 24.1 Å². The average molecular weight is 386 g/mol. The number of carbonyl (C=O) groups excluding carboxylic acids is 1. The molecule has 2 aromatic carbocycles. The lowest BCUT2D eigenvalue weighted by molar-refractivity contribution is 0.0744. The van der Waals surface area contributed by atoms with E-state index in [4.69, 9.17) is 18.9 Å². The van der Waals surface area contributed by atoms with E-state index in [1.54, 1.807) is 30.3 Å². The van der Waals surface area contributed by atoms with E-state index < -0.39 is 11.9 Å². The van der Waals surface area contributed by atoms with E-state index in [-0.39, 0.29) is 5.60 Å². The molecule has 0 bridgehead atoms. The molecule has 6 heteroatoms. The third kappa shape index (κ3) is 3.78. The molecule has 0 amide bonds. The first-order valence-electron chi connectivity index (χ1n) is 9.13. The van der Waals surface area contributed by atoms with Crippen molar-refractivity contribution in [1.29, 1.82) is 0 Å². The van der Waals surface area contributed by atoms with Gasteiger partial charge in [0.15, 0.2) is 17.3 Å². The molecular formula is C22H26O6. The van der Waals surface area contributed by atoms with Gasteiger partial charge in [-0.15, -0.1) is 0 Å². The van der Waals surface area contributed by atoms with Crippen LogP contribution < -0.4 is 18.9 Å². The molecule has 0 saturated carbocycles. The van der Waals surface area contributed by atoms with Gasteiger partial charge in [-0.05, 0) is 68.1 Å². The lowest BCUT2D eigenvalue weighted by Crippen LogP contribution is -2.32. The topological polar surface area (TPSA) is 74.2 Å². The highest BCUT2D eigenvalue weighted by Crippen LogP contribution is 2.40. The summed E-state index contributed by atoms with van der Waals surface area (Å²) >= 11 is 0. The molecule has 2 aromatic rings. The molecule has 1 aliphatic rings. The summed E-state index contributed by atoms with van der Waals surface area (Å²) in [6, 6.07) is 8.44. The van der Waals surface area contributed by atoms with E-state index in [0.29, 0.717) is 28.4 Å². The van der Waals surface area contributed by atoms with Gasteiger partial charge in [0.1, 0.15) is 17.5 Å². The zero-order chi connectivity index (χ0) is 20.5. The van der Waals surface area contributed by atoms with Crippen molar-refractivity contribution in [2.75, 3.05) is 21.3 Å². The third-order valence-corrected chi connectivity index (χ3v) is 4.98. The van der Waals surface area contributed by atoms with Crippen LogP contribution in [0.5, 0.6) is 23.0 Å². The number of ether oxygens (including phenoxy) is 4. The van der Waals surface area contributed by atoms with Crippen LogP contribution in [0, 0.1) is 0 Å². The predicted molar refractivity (Wildman–Crippen MR) is 105 cm³/mol. The van der Waals surface area contributed by atoms with Crippen molar-refractivity contribution < 1.29 is 28.8 Å². The van der Waals surface area contributed by atoms with E-state index in [2.05, 4.69) is 0 Å². The van der Waals surface area contributed by atoms with Crippen molar-refractivity contribution in [3.05, 3.63) is 47.0 Å². The highest BCUT2D eigenvalue weighted by molar-refractivity contribution is 6.00. The average Bonchev–Trinajstić information content (AvgIpc) is 2.70. The number of fused-ring (bicyclic) bond motifs is 1. The summed E-state index contributed by atoms with van der Waals surface area (Å²) in [7, 11) is 4.47. The van der Waals surface area contributed by atoms with Crippen molar-refractivity contribution in [2.24, 2.45) is 0 Å². The lowest BCUT2D eigenvalue weighted by atomic mass is 9.91. The molecule has 1 unspecified atom stereocenters. The molecule has 6 nitrogen and oxygen atoms in total. The van der Waals surface area contributed by atoms with Gasteiger partial charge in [-0.2, -0.15) is 0 Å². The minimum atomic E-state index is -1.35. The van der Waals surface area contributed by atoms with Crippen LogP contribution in [0.4, 0.5) is 0 Å². The minimum absolute atomic E-state index is 0.214. The molecule has 3 rings (SSSR count). The smallest absolute Gasteiger partial charge is 0.203 e. The minimum Gasteiger partial charge on any atom is -0.493 e. The fourth-order valence-corrected chi connectivity index (χ4v) is 3.38. The number of aliphatic hydroxyl groups is 1. The van der Waals surface area contributed by atoms with Gasteiger partial charge >= 0.3 is 0 Å². The monoisotopic (exact) mass is 386 g/mol. The number of carbonyl (C=O) groups is 1. The van der Waals surface area contributed by atoms with Crippen LogP contribution in [-0.4, -0.2) is 37.8 Å². The summed E-state index contributed by atoms with van der Waals surface area (Å²) < 4.78 is 21.9. The Morgan fingerprint density at radius 1 is 1.07 bits per heavy atom. The standard InChI is InChI=1S/C22H26O6/c1-22(2)9-8-13-10-14(6-7-16(13)28-22)19(23)20(24)15-11-17(25-3)21(27-5)18(12-15)26-4/h6-7,10-12,20,24H,8-9H2,1-5H3. The second kappa shape index (κ2) is 7.72. The molecule has 1 atom stereocenters. The third-order valence-electron chi connectivity index (χ3n) is 4.98. The number of ketones is 1. The lowest BCUT2D eigenvalue weighted by Gasteiger charge is -2.32. The fraction of sp³-hybridized carbons (Fsp3) is 0.409. The molecule has 0 fully saturated rings. The first-order chi connectivity index (χ1) is 13.3. The number of hydrogen-bond donors (Lipinski definition) is 1. The highest BCUT2D eigenvalue weighted by Gasteiger charge is 2.28. The van der Waals surface area contributed by atoms with Crippen LogP contribution in [0.3, 0.4) is 0 Å². The van der Waals surface area contributed by atoms with Crippen LogP contribution in [0.15, 0.2) is 30.3 Å². The van der Waals surface area contributed by atoms with Gasteiger partial charge in [-0.3, -0.25) is 4.79 Å². The number of benzene rings is 2. The number of rotatable bonds is 6. The van der Waals surface area contributed by atoms with Crippen LogP contribution in [0.1, 0.15) is 47.9 Å². The molecule has 1 aliphatic heterocycles. The molecule has 1 N–H and O–H groups in total. The summed E-state index contributed by atoms with van der Waals surface area (Å²) in [6.45, 7) is 4.09. The quantitative estimate of drug-likeness (QED) is 0.763. The Morgan fingerprint density at radius 3 is 2.29 bits per heavy atom. The summed E-state index contributed by atoms with van der Waals surface area (Å²) in [5.74, 6) is 1.55. The van der Waals surface area contributed by atoms with Crippen molar-refractivity contribution in [3.8, 4) is 23.0 Å². The molecule has 0 aromatic heterocycles. The molecule has 0 spiro atoms. The van der Waals surface area contributed by atoms with Crippen LogP contribution in [0.2, 0.25) is 0 Å². The van der Waals surface area contributed by atoms with E-state index in [9.17, 15) is 9.90 Å². The highest BCUT2D eigenvalue weighted by atomic mass is 16.5. The number of hydrogen-bond acceptors (Lipinski definition) is 6. The molecule has 0 saturated heterocycles. The maximum atomic E-state index is 12.9. The summed E-state index contributed by atoms with van der Waals surface area (Å²) in [4.78, 5) is 12.9. The molecule has 0 aliphatic carbocycles. The second-order valence-electron chi connectivity index (χ2n) is 7.41. The first kappa shape index (κ1) is 20.0. The van der Waals surface area contributed by atoms with E-state index in [1.807, 2.05) is 13.8 Å². The number of methoxy groups -OCH3 is 3. The van der Waals surface area contributed by atoms with Crippen molar-refractivity contribution in [1.82, 2.24) is 0 Å². The van der Waals surface area contributed by atoms with Gasteiger partial charge in [0, 0.05) is 5.56 Å². The van der Waals surface area contributed by atoms with E-state index in [1.165, 1.54) is 21.3 Å². The van der Waals surface area contributed by atoms with Crippen molar-refractivity contribution >= 4 is 5.78 Å². The van der Waals surface area contributed by atoms with Crippen LogP contribution in [0.25, 0.3) is 0 Å². The largest absolute Gasteiger partial charge is 0.493 e. The predicted octanol–water partition coefficient (Wildman–Crippen LogP) is 3.73. The fourth-order valence-electron chi connectivity index (χ4n) is 3.38. The van der Waals surface area contributed by atoms with Gasteiger partial charge in [-0.1, -0.05) is 0 Å². The Balaban J connectivity index is 1.91. The van der Waals surface area contributed by atoms with Gasteiger partial charge in [-0.25, -0.2) is 0 Å². The number of aliphatic hydroxyl groups excluding tert-OH is 1. The molecule has 150 valence electrons. The van der Waals surface area contributed by atoms with E-state index >= 15 is 0 Å². The Bertz CT molecular complexity index is 862. The Hall–Kier alpha value is -2.73. The first-order valence-corrected chi connectivity index (χ1v) is 9.13. The van der Waals surface area contributed by atoms with Crippen molar-refractivity contribution in [2.45, 2.75) is 38.4 Å². The normalized spacial score (nSPS) is 15.8. The van der Waals surface area contributed by atoms with Crippen LogP contribution in [-0.2, 0) is 6.42 Å². The SMILES string of the molecule is COc1cc(C(O)C(=O)c2ccc3c(c2)CCC(C)(C)O3)cc(OC)c1OC. The Morgan fingerprint density at radius 2 is 1.71 bits per heavy atom. The number of Topliss-reactive ketones (excluding diaryl/α,β-unsaturated/α-hetero) is 1.